The molecule has 0 saturated carbocycles. The van der Waals surface area contributed by atoms with Crippen molar-refractivity contribution in [3.05, 3.63) is 251 Å². The van der Waals surface area contributed by atoms with Crippen LogP contribution in [-0.4, -0.2) is 0 Å². The molecule has 0 atom stereocenters. The Morgan fingerprint density at radius 2 is 1.12 bits per heavy atom. The summed E-state index contributed by atoms with van der Waals surface area (Å²) < 4.78 is 0. The maximum atomic E-state index is 2.32. The molecule has 0 spiro atoms. The van der Waals surface area contributed by atoms with Gasteiger partial charge in [-0.1, -0.05) is 195 Å². The van der Waals surface area contributed by atoms with E-state index >= 15 is 0 Å². The van der Waals surface area contributed by atoms with E-state index < -0.39 is 0 Å². The maximum Gasteiger partial charge on any atom is 0.0491 e. The fraction of sp³-hybridized carbons (Fsp3) is 0.123. The van der Waals surface area contributed by atoms with Gasteiger partial charge in [-0.15, -0.1) is 0 Å². The van der Waals surface area contributed by atoms with Crippen LogP contribution >= 0.6 is 0 Å². The highest BCUT2D eigenvalue weighted by Crippen LogP contribution is 2.47. The topological polar surface area (TPSA) is 3.24 Å². The maximum absolute atomic E-state index is 2.32. The zero-order chi connectivity index (χ0) is 39.9. The Hall–Kier alpha value is -6.70. The van der Waals surface area contributed by atoms with Crippen molar-refractivity contribution in [2.45, 2.75) is 46.0 Å². The zero-order valence-electron chi connectivity index (χ0n) is 34.1. The molecule has 0 amide bonds. The molecule has 1 nitrogen and oxygen atoms in total. The predicted molar refractivity (Wildman–Crippen MR) is 250 cm³/mol. The highest BCUT2D eigenvalue weighted by molar-refractivity contribution is 5.88. The molecular weight excluding hydrogens is 699 g/mol. The molecule has 0 fully saturated rings. The number of anilines is 3. The molecule has 6 aromatic carbocycles. The number of fused-ring (bicyclic) bond motifs is 3. The lowest BCUT2D eigenvalue weighted by Crippen LogP contribution is -2.15. The van der Waals surface area contributed by atoms with Crippen molar-refractivity contribution in [2.75, 3.05) is 4.90 Å². The Bertz CT molecular complexity index is 2570. The van der Waals surface area contributed by atoms with Crippen LogP contribution < -0.4 is 4.90 Å². The first-order chi connectivity index (χ1) is 28.4. The van der Waals surface area contributed by atoms with Gasteiger partial charge in [0, 0.05) is 22.5 Å². The first kappa shape index (κ1) is 38.2. The van der Waals surface area contributed by atoms with E-state index in [1.807, 2.05) is 0 Å². The van der Waals surface area contributed by atoms with Crippen LogP contribution in [0, 0.1) is 13.8 Å². The molecule has 0 radical (unpaired) electrons. The third-order valence-electron chi connectivity index (χ3n) is 11.5. The highest BCUT2D eigenvalue weighted by atomic mass is 15.1. The molecule has 3 aliphatic rings. The van der Waals surface area contributed by atoms with Gasteiger partial charge in [-0.3, -0.25) is 0 Å². The third-order valence-corrected chi connectivity index (χ3v) is 11.5. The van der Waals surface area contributed by atoms with Gasteiger partial charge in [0.05, 0.1) is 0 Å². The molecule has 0 aliphatic heterocycles. The van der Waals surface area contributed by atoms with Gasteiger partial charge in [-0.2, -0.15) is 0 Å². The molecule has 0 saturated heterocycles. The van der Waals surface area contributed by atoms with Crippen molar-refractivity contribution in [2.24, 2.45) is 0 Å². The first-order valence-corrected chi connectivity index (χ1v) is 20.5. The van der Waals surface area contributed by atoms with E-state index in [-0.39, 0.29) is 5.41 Å². The van der Waals surface area contributed by atoms with Crippen LogP contribution in [0.3, 0.4) is 0 Å². The fourth-order valence-electron chi connectivity index (χ4n) is 8.31. The second kappa shape index (κ2) is 17.2. The van der Waals surface area contributed by atoms with Gasteiger partial charge in [-0.25, -0.2) is 0 Å². The fourth-order valence-corrected chi connectivity index (χ4v) is 8.31. The molecule has 58 heavy (non-hydrogen) atoms. The van der Waals surface area contributed by atoms with Crippen LogP contribution in [0.4, 0.5) is 17.1 Å². The molecule has 0 N–H and O–H groups in total. The zero-order valence-corrected chi connectivity index (χ0v) is 34.1. The second-order valence-corrected chi connectivity index (χ2v) is 15.8. The molecule has 0 unspecified atom stereocenters. The van der Waals surface area contributed by atoms with Crippen molar-refractivity contribution in [1.82, 2.24) is 0 Å². The minimum absolute atomic E-state index is 0.0342. The SMILES string of the molecule is CC1(C)C2=C(/C=C/C=C3/CCC=C/C3=C/C=C/C=C\2)c2ccccc21.Cc1ccc(-c2ccc(-c3ccc(N(c4ccccc4)c4ccccc4)c(C)c3)cc2)cc1. The number of allylic oxidation sites excluding steroid dienone is 14. The summed E-state index contributed by atoms with van der Waals surface area (Å²) in [5.41, 5.74) is 19.3. The average Bonchev–Trinajstić information content (AvgIpc) is 3.47. The van der Waals surface area contributed by atoms with Crippen LogP contribution in [0.5, 0.6) is 0 Å². The summed E-state index contributed by atoms with van der Waals surface area (Å²) in [6, 6.07) is 54.2. The molecule has 1 heteroatoms. The number of hydrogen-bond donors (Lipinski definition) is 0. The monoisotopic (exact) mass is 749 g/mol. The molecule has 9 rings (SSSR count). The third kappa shape index (κ3) is 8.22. The quantitative estimate of drug-likeness (QED) is 0.170. The van der Waals surface area contributed by atoms with Crippen molar-refractivity contribution >= 4 is 22.6 Å². The smallest absolute Gasteiger partial charge is 0.0491 e. The van der Waals surface area contributed by atoms with Crippen LogP contribution in [0.2, 0.25) is 0 Å². The van der Waals surface area contributed by atoms with Gasteiger partial charge in [0.25, 0.3) is 0 Å². The van der Waals surface area contributed by atoms with Crippen LogP contribution in [0.15, 0.2) is 229 Å². The minimum atomic E-state index is 0.0342. The minimum Gasteiger partial charge on any atom is -0.310 e. The summed E-state index contributed by atoms with van der Waals surface area (Å²) in [6.07, 6.45) is 24.5. The Morgan fingerprint density at radius 1 is 0.517 bits per heavy atom. The summed E-state index contributed by atoms with van der Waals surface area (Å²) in [4.78, 5) is 2.32. The lowest BCUT2D eigenvalue weighted by molar-refractivity contribution is 0.654. The summed E-state index contributed by atoms with van der Waals surface area (Å²) in [6.45, 7) is 8.96. The van der Waals surface area contributed by atoms with Gasteiger partial charge >= 0.3 is 0 Å². The lowest BCUT2D eigenvalue weighted by Gasteiger charge is -2.27. The van der Waals surface area contributed by atoms with E-state index in [4.69, 9.17) is 0 Å². The molecule has 3 aliphatic carbocycles. The number of nitrogens with zero attached hydrogens (tertiary/aromatic N) is 1. The standard InChI is InChI=1S/C32H27N.C25H24/c1-24-13-15-26(16-14-24)27-17-19-28(20-18-27)29-21-22-32(25(2)23-29)33(30-9-5-3-6-10-30)31-11-7-4-8-12-31;1-25(2)23-17-5-3-4-11-19-12-6-7-13-20(19)14-10-16-22(23)21-15-8-9-18-24(21)25/h3-23H,1-2H3;3-6,8-12,14-18H,7,13H2,1-2H3/b;4-3+,5-3?,11-4?,14-10?,16-10+,17-5-,19-11-,20-14-,22-16?,23-17?. The second-order valence-electron chi connectivity index (χ2n) is 15.8. The van der Waals surface area contributed by atoms with E-state index in [2.05, 4.69) is 245 Å². The Balaban J connectivity index is 0.000000168. The van der Waals surface area contributed by atoms with Crippen LogP contribution in [0.1, 0.15) is 48.9 Å². The van der Waals surface area contributed by atoms with Gasteiger partial charge in [0.1, 0.15) is 0 Å². The van der Waals surface area contributed by atoms with E-state index in [0.717, 1.165) is 24.2 Å². The number of rotatable bonds is 5. The Morgan fingerprint density at radius 3 is 1.79 bits per heavy atom. The Kier molecular flexibility index (Phi) is 11.3. The van der Waals surface area contributed by atoms with E-state index in [9.17, 15) is 0 Å². The van der Waals surface area contributed by atoms with E-state index in [1.165, 1.54) is 72.5 Å². The normalized spacial score (nSPS) is 18.6. The van der Waals surface area contributed by atoms with Crippen molar-refractivity contribution in [1.29, 1.82) is 0 Å². The van der Waals surface area contributed by atoms with Gasteiger partial charge in [0.2, 0.25) is 0 Å². The summed E-state index contributed by atoms with van der Waals surface area (Å²) in [5, 5.41) is 0. The van der Waals surface area contributed by atoms with E-state index in [0.29, 0.717) is 0 Å². The molecule has 0 aromatic heterocycles. The first-order valence-electron chi connectivity index (χ1n) is 20.5. The van der Waals surface area contributed by atoms with Gasteiger partial charge in [-0.05, 0) is 124 Å². The summed E-state index contributed by atoms with van der Waals surface area (Å²) in [7, 11) is 0. The molecule has 6 aromatic rings. The lowest BCUT2D eigenvalue weighted by atomic mass is 9.81. The van der Waals surface area contributed by atoms with Crippen molar-refractivity contribution in [3.63, 3.8) is 0 Å². The number of para-hydroxylation sites is 2. The molecular formula is C57H51N. The molecule has 0 heterocycles. The number of aryl methyl sites for hydroxylation is 2. The molecule has 0 bridgehead atoms. The van der Waals surface area contributed by atoms with E-state index in [1.54, 1.807) is 0 Å². The summed E-state index contributed by atoms with van der Waals surface area (Å²) >= 11 is 0. The van der Waals surface area contributed by atoms with Crippen LogP contribution in [0.25, 0.3) is 27.8 Å². The Labute approximate surface area is 345 Å². The highest BCUT2D eigenvalue weighted by Gasteiger charge is 2.35. The van der Waals surface area contributed by atoms with Gasteiger partial charge in [0.15, 0.2) is 0 Å². The number of hydrogen-bond acceptors (Lipinski definition) is 1. The predicted octanol–water partition coefficient (Wildman–Crippen LogP) is 15.7. The molecule has 284 valence electrons. The number of benzene rings is 6. The van der Waals surface area contributed by atoms with Gasteiger partial charge < -0.3 is 4.90 Å². The average molecular weight is 750 g/mol. The van der Waals surface area contributed by atoms with Crippen molar-refractivity contribution < 1.29 is 0 Å². The largest absolute Gasteiger partial charge is 0.310 e. The van der Waals surface area contributed by atoms with Crippen LogP contribution in [-0.2, 0) is 5.41 Å². The summed E-state index contributed by atoms with van der Waals surface area (Å²) in [5.74, 6) is 0. The van der Waals surface area contributed by atoms with Crippen molar-refractivity contribution in [3.8, 4) is 22.3 Å².